The van der Waals surface area contributed by atoms with E-state index in [9.17, 15) is 0 Å². The Morgan fingerprint density at radius 3 is 2.60 bits per heavy atom. The molecule has 0 bridgehead atoms. The van der Waals surface area contributed by atoms with E-state index in [2.05, 4.69) is 5.32 Å². The van der Waals surface area contributed by atoms with Gasteiger partial charge in [-0.2, -0.15) is 0 Å². The summed E-state index contributed by atoms with van der Waals surface area (Å²) in [6.07, 6.45) is 0. The van der Waals surface area contributed by atoms with Crippen molar-refractivity contribution in [1.82, 2.24) is 0 Å². The van der Waals surface area contributed by atoms with Crippen molar-refractivity contribution in [2.75, 3.05) is 12.4 Å². The van der Waals surface area contributed by atoms with Gasteiger partial charge in [0.2, 0.25) is 0 Å². The fraction of sp³-hybridized carbons (Fsp3) is 0.250. The van der Waals surface area contributed by atoms with E-state index < -0.39 is 0 Å². The molecule has 54 valence electrons. The Morgan fingerprint density at radius 1 is 1.40 bits per heavy atom. The predicted molar refractivity (Wildman–Crippen MR) is 45.7 cm³/mol. The normalized spacial score (nSPS) is 9.50. The lowest BCUT2D eigenvalue weighted by molar-refractivity contribution is 1.43. The van der Waals surface area contributed by atoms with E-state index in [-0.39, 0.29) is 0 Å². The van der Waals surface area contributed by atoms with E-state index in [1.165, 1.54) is 0 Å². The molecule has 0 aromatic heterocycles. The Hall–Kier alpha value is -0.690. The smallest absolute Gasteiger partial charge is 0.0666 e. The molecule has 1 aromatic rings. The third kappa shape index (κ3) is 1.24. The molecule has 1 nitrogen and oxygen atoms in total. The molecule has 0 heterocycles. The molecule has 0 aliphatic heterocycles. The van der Waals surface area contributed by atoms with Gasteiger partial charge < -0.3 is 5.32 Å². The molecule has 0 aliphatic carbocycles. The van der Waals surface area contributed by atoms with Crippen LogP contribution in [0.2, 0.25) is 5.02 Å². The number of anilines is 1. The maximum absolute atomic E-state index is 5.93. The van der Waals surface area contributed by atoms with Crippen LogP contribution in [0.3, 0.4) is 0 Å². The second-order valence-electron chi connectivity index (χ2n) is 2.19. The van der Waals surface area contributed by atoms with Crippen LogP contribution in [0.4, 0.5) is 5.69 Å². The van der Waals surface area contributed by atoms with Gasteiger partial charge in [-0.05, 0) is 18.6 Å². The van der Waals surface area contributed by atoms with Crippen LogP contribution >= 0.6 is 11.6 Å². The molecule has 0 atom stereocenters. The van der Waals surface area contributed by atoms with Gasteiger partial charge in [-0.25, -0.2) is 0 Å². The molecule has 1 aromatic carbocycles. The van der Waals surface area contributed by atoms with E-state index in [4.69, 9.17) is 11.6 Å². The third-order valence-corrected chi connectivity index (χ3v) is 1.96. The number of hydrogen-bond acceptors (Lipinski definition) is 1. The number of hydrogen-bond donors (Lipinski definition) is 1. The highest BCUT2D eigenvalue weighted by atomic mass is 35.5. The molecule has 0 aliphatic rings. The van der Waals surface area contributed by atoms with Crippen LogP contribution in [0.1, 0.15) is 5.56 Å². The first kappa shape index (κ1) is 7.42. The van der Waals surface area contributed by atoms with Gasteiger partial charge in [0.25, 0.3) is 0 Å². The van der Waals surface area contributed by atoms with Crippen LogP contribution < -0.4 is 5.32 Å². The highest BCUT2D eigenvalue weighted by Crippen LogP contribution is 2.23. The lowest BCUT2D eigenvalue weighted by Gasteiger charge is -2.03. The quantitative estimate of drug-likeness (QED) is 0.658. The van der Waals surface area contributed by atoms with Crippen molar-refractivity contribution in [1.29, 1.82) is 0 Å². The summed E-state index contributed by atoms with van der Waals surface area (Å²) in [4.78, 5) is 0. The standard InChI is InChI=1S/C8H10ClN/c1-6-4-3-5-7(10-2)8(6)9/h3-5,10H,1-2H3. The Labute approximate surface area is 66.0 Å². The second kappa shape index (κ2) is 2.93. The van der Waals surface area contributed by atoms with Crippen molar-refractivity contribution in [3.8, 4) is 0 Å². The fourth-order valence-electron chi connectivity index (χ4n) is 0.841. The largest absolute Gasteiger partial charge is 0.387 e. The number of benzene rings is 1. The zero-order valence-electron chi connectivity index (χ0n) is 6.11. The summed E-state index contributed by atoms with van der Waals surface area (Å²) in [7, 11) is 1.86. The van der Waals surface area contributed by atoms with E-state index in [1.54, 1.807) is 0 Å². The van der Waals surface area contributed by atoms with Crippen molar-refractivity contribution in [2.45, 2.75) is 6.92 Å². The molecule has 2 heteroatoms. The van der Waals surface area contributed by atoms with Gasteiger partial charge in [0.05, 0.1) is 10.7 Å². The second-order valence-corrected chi connectivity index (χ2v) is 2.56. The average molecular weight is 156 g/mol. The lowest BCUT2D eigenvalue weighted by atomic mass is 10.2. The van der Waals surface area contributed by atoms with E-state index in [1.807, 2.05) is 32.2 Å². The Bertz CT molecular complexity index is 233. The molecular weight excluding hydrogens is 146 g/mol. The maximum Gasteiger partial charge on any atom is 0.0666 e. The van der Waals surface area contributed by atoms with Crippen LogP contribution in [-0.2, 0) is 0 Å². The van der Waals surface area contributed by atoms with Crippen molar-refractivity contribution in [2.24, 2.45) is 0 Å². The van der Waals surface area contributed by atoms with Crippen molar-refractivity contribution < 1.29 is 0 Å². The molecule has 0 saturated heterocycles. The minimum absolute atomic E-state index is 0.810. The van der Waals surface area contributed by atoms with E-state index >= 15 is 0 Å². The molecule has 0 unspecified atom stereocenters. The molecule has 10 heavy (non-hydrogen) atoms. The minimum atomic E-state index is 0.810. The molecule has 0 fully saturated rings. The molecule has 1 rings (SSSR count). The Kier molecular flexibility index (Phi) is 2.17. The maximum atomic E-state index is 5.93. The summed E-state index contributed by atoms with van der Waals surface area (Å²) in [6, 6.07) is 5.92. The number of halogens is 1. The summed E-state index contributed by atoms with van der Waals surface area (Å²) in [5.41, 5.74) is 2.09. The summed E-state index contributed by atoms with van der Waals surface area (Å²) < 4.78 is 0. The van der Waals surface area contributed by atoms with Gasteiger partial charge in [0, 0.05) is 7.05 Å². The van der Waals surface area contributed by atoms with Crippen LogP contribution in [0.15, 0.2) is 18.2 Å². The summed E-state index contributed by atoms with van der Waals surface area (Å²) >= 11 is 5.93. The number of rotatable bonds is 1. The van der Waals surface area contributed by atoms with Crippen molar-refractivity contribution in [3.05, 3.63) is 28.8 Å². The first-order valence-electron chi connectivity index (χ1n) is 3.18. The van der Waals surface area contributed by atoms with Crippen LogP contribution in [0.25, 0.3) is 0 Å². The Balaban J connectivity index is 3.14. The number of nitrogens with one attached hydrogen (secondary N) is 1. The van der Waals surface area contributed by atoms with Crippen molar-refractivity contribution >= 4 is 17.3 Å². The fourth-order valence-corrected chi connectivity index (χ4v) is 1.06. The van der Waals surface area contributed by atoms with Gasteiger partial charge in [0.15, 0.2) is 0 Å². The summed E-state index contributed by atoms with van der Waals surface area (Å²) in [5.74, 6) is 0. The zero-order valence-corrected chi connectivity index (χ0v) is 6.87. The average Bonchev–Trinajstić information content (AvgIpc) is 1.95. The van der Waals surface area contributed by atoms with E-state index in [0.717, 1.165) is 16.3 Å². The molecule has 0 radical (unpaired) electrons. The number of aryl methyl sites for hydroxylation is 1. The van der Waals surface area contributed by atoms with Gasteiger partial charge in [-0.15, -0.1) is 0 Å². The summed E-state index contributed by atoms with van der Waals surface area (Å²) in [6.45, 7) is 1.99. The minimum Gasteiger partial charge on any atom is -0.387 e. The predicted octanol–water partition coefficient (Wildman–Crippen LogP) is 2.69. The molecule has 1 N–H and O–H groups in total. The highest BCUT2D eigenvalue weighted by Gasteiger charge is 1.97. The monoisotopic (exact) mass is 155 g/mol. The molecular formula is C8H10ClN. The molecule has 0 saturated carbocycles. The first-order chi connectivity index (χ1) is 4.75. The van der Waals surface area contributed by atoms with Gasteiger partial charge in [0.1, 0.15) is 0 Å². The summed E-state index contributed by atoms with van der Waals surface area (Å²) in [5, 5.41) is 3.81. The Morgan fingerprint density at radius 2 is 2.10 bits per heavy atom. The van der Waals surface area contributed by atoms with Gasteiger partial charge >= 0.3 is 0 Å². The van der Waals surface area contributed by atoms with Gasteiger partial charge in [-0.1, -0.05) is 23.7 Å². The van der Waals surface area contributed by atoms with Crippen molar-refractivity contribution in [3.63, 3.8) is 0 Å². The van der Waals surface area contributed by atoms with Gasteiger partial charge in [-0.3, -0.25) is 0 Å². The zero-order chi connectivity index (χ0) is 7.56. The third-order valence-electron chi connectivity index (χ3n) is 1.46. The van der Waals surface area contributed by atoms with E-state index in [0.29, 0.717) is 0 Å². The highest BCUT2D eigenvalue weighted by molar-refractivity contribution is 6.33. The first-order valence-corrected chi connectivity index (χ1v) is 3.56. The lowest BCUT2D eigenvalue weighted by Crippen LogP contribution is -1.89. The van der Waals surface area contributed by atoms with Crippen LogP contribution in [0.5, 0.6) is 0 Å². The topological polar surface area (TPSA) is 12.0 Å². The van der Waals surface area contributed by atoms with Crippen LogP contribution in [-0.4, -0.2) is 7.05 Å². The molecule has 0 spiro atoms. The molecule has 0 amide bonds. The van der Waals surface area contributed by atoms with Crippen LogP contribution in [0, 0.1) is 6.92 Å². The SMILES string of the molecule is CNc1cccc(C)c1Cl.